The van der Waals surface area contributed by atoms with Gasteiger partial charge in [0, 0.05) is 18.9 Å². The van der Waals surface area contributed by atoms with Crippen molar-refractivity contribution in [2.24, 2.45) is 0 Å². The van der Waals surface area contributed by atoms with Crippen LogP contribution in [0, 0.1) is 0 Å². The van der Waals surface area contributed by atoms with Gasteiger partial charge in [0.15, 0.2) is 0 Å². The second-order valence-corrected chi connectivity index (χ2v) is 8.93. The van der Waals surface area contributed by atoms with Crippen LogP contribution in [0.25, 0.3) is 10.7 Å². The molecule has 5 rings (SSSR count). The summed E-state index contributed by atoms with van der Waals surface area (Å²) >= 11 is 1.60. The molecule has 0 radical (unpaired) electrons. The number of benzene rings is 1. The van der Waals surface area contributed by atoms with Gasteiger partial charge in [-0.15, -0.1) is 11.3 Å². The zero-order valence-electron chi connectivity index (χ0n) is 16.4. The van der Waals surface area contributed by atoms with Crippen LogP contribution in [0.4, 0.5) is 0 Å². The Hall–Kier alpha value is -2.47. The highest BCUT2D eigenvalue weighted by Crippen LogP contribution is 2.41. The van der Waals surface area contributed by atoms with Crippen LogP contribution in [-0.4, -0.2) is 27.0 Å². The number of aryl methyl sites for hydroxylation is 2. The first kappa shape index (κ1) is 18.6. The van der Waals surface area contributed by atoms with Gasteiger partial charge in [-0.2, -0.15) is 4.98 Å². The fourth-order valence-electron chi connectivity index (χ4n) is 4.38. The summed E-state index contributed by atoms with van der Waals surface area (Å²) in [6, 6.07) is 13.3. The summed E-state index contributed by atoms with van der Waals surface area (Å²) in [5, 5.41) is 6.06. The maximum absolute atomic E-state index is 13.2. The quantitative estimate of drug-likeness (QED) is 0.541. The third kappa shape index (κ3) is 3.99. The average Bonchev–Trinajstić information content (AvgIpc) is 3.22. The first-order valence-electron chi connectivity index (χ1n) is 10.5. The maximum atomic E-state index is 13.2. The van der Waals surface area contributed by atoms with E-state index in [-0.39, 0.29) is 11.9 Å². The molecule has 2 aliphatic carbocycles. The van der Waals surface area contributed by atoms with Crippen molar-refractivity contribution in [3.05, 3.63) is 58.8 Å². The summed E-state index contributed by atoms with van der Waals surface area (Å²) in [5.41, 5.74) is 2.77. The van der Waals surface area contributed by atoms with Crippen LogP contribution >= 0.6 is 11.3 Å². The van der Waals surface area contributed by atoms with Gasteiger partial charge in [-0.1, -0.05) is 35.5 Å². The van der Waals surface area contributed by atoms with Crippen molar-refractivity contribution in [1.29, 1.82) is 0 Å². The van der Waals surface area contributed by atoms with E-state index in [1.54, 1.807) is 11.3 Å². The van der Waals surface area contributed by atoms with Gasteiger partial charge in [-0.3, -0.25) is 4.79 Å². The number of carbonyl (C=O) groups excluding carboxylic acids is 1. The van der Waals surface area contributed by atoms with Crippen molar-refractivity contribution < 1.29 is 9.32 Å². The van der Waals surface area contributed by atoms with E-state index in [1.807, 2.05) is 17.5 Å². The molecule has 1 amide bonds. The van der Waals surface area contributed by atoms with E-state index in [1.165, 1.54) is 11.1 Å². The summed E-state index contributed by atoms with van der Waals surface area (Å²) in [7, 11) is 0. The van der Waals surface area contributed by atoms with Gasteiger partial charge in [0.25, 0.3) is 0 Å². The van der Waals surface area contributed by atoms with Crippen molar-refractivity contribution in [2.75, 3.05) is 0 Å². The zero-order chi connectivity index (χ0) is 19.6. The molecule has 5 nitrogen and oxygen atoms in total. The average molecular weight is 408 g/mol. The Kier molecular flexibility index (Phi) is 5.19. The summed E-state index contributed by atoms with van der Waals surface area (Å²) in [6.07, 6.45) is 7.55. The van der Waals surface area contributed by atoms with Crippen molar-refractivity contribution >= 4 is 17.2 Å². The Balaban J connectivity index is 1.23. The molecule has 3 aromatic rings. The predicted octanol–water partition coefficient (Wildman–Crippen LogP) is 5.19. The summed E-state index contributed by atoms with van der Waals surface area (Å²) in [6.45, 7) is 0. The van der Waals surface area contributed by atoms with E-state index in [0.29, 0.717) is 30.6 Å². The van der Waals surface area contributed by atoms with E-state index >= 15 is 0 Å². The number of rotatable bonds is 7. The van der Waals surface area contributed by atoms with Gasteiger partial charge in [0.05, 0.1) is 10.9 Å². The third-order valence-electron chi connectivity index (χ3n) is 5.89. The molecule has 0 bridgehead atoms. The molecule has 29 heavy (non-hydrogen) atoms. The molecule has 1 atom stereocenters. The van der Waals surface area contributed by atoms with Crippen LogP contribution in [0.5, 0.6) is 0 Å². The zero-order valence-corrected chi connectivity index (χ0v) is 17.2. The number of amides is 1. The Labute approximate surface area is 174 Å². The highest BCUT2D eigenvalue weighted by Gasteiger charge is 2.39. The minimum Gasteiger partial charge on any atom is -0.339 e. The molecule has 1 unspecified atom stereocenters. The minimum absolute atomic E-state index is 0.244. The molecule has 2 aliphatic rings. The Morgan fingerprint density at radius 1 is 1.17 bits per heavy atom. The number of carbonyl (C=O) groups is 1. The number of hydrogen-bond donors (Lipinski definition) is 0. The molecule has 0 aliphatic heterocycles. The normalized spacial score (nSPS) is 18.4. The SMILES string of the molecule is O=C(CCCc1nc(-c2cccs2)no1)N(C1CC1)C1CCCc2ccccc21. The molecular weight excluding hydrogens is 382 g/mol. The summed E-state index contributed by atoms with van der Waals surface area (Å²) < 4.78 is 5.37. The molecule has 0 spiro atoms. The van der Waals surface area contributed by atoms with Crippen LogP contribution in [-0.2, 0) is 17.6 Å². The summed E-state index contributed by atoms with van der Waals surface area (Å²) in [5.74, 6) is 1.52. The van der Waals surface area contributed by atoms with Crippen molar-refractivity contribution in [3.8, 4) is 10.7 Å². The largest absolute Gasteiger partial charge is 0.339 e. The topological polar surface area (TPSA) is 59.2 Å². The van der Waals surface area contributed by atoms with Gasteiger partial charge in [-0.05, 0) is 61.1 Å². The standard InChI is InChI=1S/C23H25N3O2S/c27-22(12-4-11-21-24-23(25-28-21)20-10-5-15-29-20)26(17-13-14-17)19-9-3-7-16-6-1-2-8-18(16)19/h1-2,5-6,8,10,15,17,19H,3-4,7,9,11-14H2. The molecule has 1 saturated carbocycles. The lowest BCUT2D eigenvalue weighted by Gasteiger charge is -2.36. The molecular formula is C23H25N3O2S. The molecule has 6 heteroatoms. The third-order valence-corrected chi connectivity index (χ3v) is 6.76. The minimum atomic E-state index is 0.244. The monoisotopic (exact) mass is 407 g/mol. The van der Waals surface area contributed by atoms with E-state index in [4.69, 9.17) is 4.52 Å². The lowest BCUT2D eigenvalue weighted by molar-refractivity contribution is -0.134. The first-order valence-corrected chi connectivity index (χ1v) is 11.4. The van der Waals surface area contributed by atoms with E-state index in [2.05, 4.69) is 39.3 Å². The molecule has 2 heterocycles. The lowest BCUT2D eigenvalue weighted by atomic mass is 9.86. The Bertz CT molecular complexity index is 978. The number of thiophene rings is 1. The molecule has 0 N–H and O–H groups in total. The predicted molar refractivity (Wildman–Crippen MR) is 113 cm³/mol. The van der Waals surface area contributed by atoms with Crippen LogP contribution < -0.4 is 0 Å². The van der Waals surface area contributed by atoms with Gasteiger partial charge < -0.3 is 9.42 Å². The van der Waals surface area contributed by atoms with Crippen LogP contribution in [0.1, 0.15) is 61.6 Å². The Morgan fingerprint density at radius 3 is 2.90 bits per heavy atom. The molecule has 150 valence electrons. The van der Waals surface area contributed by atoms with E-state index in [9.17, 15) is 4.79 Å². The van der Waals surface area contributed by atoms with Gasteiger partial charge in [0.1, 0.15) is 0 Å². The van der Waals surface area contributed by atoms with E-state index in [0.717, 1.165) is 43.4 Å². The lowest BCUT2D eigenvalue weighted by Crippen LogP contribution is -2.38. The van der Waals surface area contributed by atoms with Gasteiger partial charge in [-0.25, -0.2) is 0 Å². The number of aromatic nitrogens is 2. The number of nitrogens with zero attached hydrogens (tertiary/aromatic N) is 3. The molecule has 2 aromatic heterocycles. The highest BCUT2D eigenvalue weighted by atomic mass is 32.1. The van der Waals surface area contributed by atoms with Gasteiger partial charge >= 0.3 is 0 Å². The fraction of sp³-hybridized carbons (Fsp3) is 0.435. The summed E-state index contributed by atoms with van der Waals surface area (Å²) in [4.78, 5) is 20.8. The van der Waals surface area contributed by atoms with Crippen LogP contribution in [0.2, 0.25) is 0 Å². The Morgan fingerprint density at radius 2 is 2.07 bits per heavy atom. The van der Waals surface area contributed by atoms with Crippen LogP contribution in [0.15, 0.2) is 46.3 Å². The molecule has 1 aromatic carbocycles. The number of fused-ring (bicyclic) bond motifs is 1. The van der Waals surface area contributed by atoms with Gasteiger partial charge in [0.2, 0.25) is 17.6 Å². The van der Waals surface area contributed by atoms with Crippen molar-refractivity contribution in [2.45, 2.75) is 63.5 Å². The second-order valence-electron chi connectivity index (χ2n) is 7.98. The highest BCUT2D eigenvalue weighted by molar-refractivity contribution is 7.13. The van der Waals surface area contributed by atoms with Crippen LogP contribution in [0.3, 0.4) is 0 Å². The van der Waals surface area contributed by atoms with Crippen molar-refractivity contribution in [1.82, 2.24) is 15.0 Å². The smallest absolute Gasteiger partial charge is 0.226 e. The fourth-order valence-corrected chi connectivity index (χ4v) is 5.03. The second kappa shape index (κ2) is 8.11. The van der Waals surface area contributed by atoms with Crippen molar-refractivity contribution in [3.63, 3.8) is 0 Å². The first-order chi connectivity index (χ1) is 14.3. The molecule has 1 fully saturated rings. The molecule has 0 saturated heterocycles. The van der Waals surface area contributed by atoms with E-state index < -0.39 is 0 Å². The number of hydrogen-bond acceptors (Lipinski definition) is 5. The maximum Gasteiger partial charge on any atom is 0.226 e.